The van der Waals surface area contributed by atoms with Crippen molar-refractivity contribution in [3.63, 3.8) is 0 Å². The predicted octanol–water partition coefficient (Wildman–Crippen LogP) is 1.63. The molecule has 1 aromatic heterocycles. The number of benzene rings is 1. The molecule has 1 N–H and O–H groups in total. The number of fused-ring (bicyclic) bond motifs is 3. The molecule has 21 heavy (non-hydrogen) atoms. The molecule has 0 amide bonds. The highest BCUT2D eigenvalue weighted by atomic mass is 32.2. The van der Waals surface area contributed by atoms with Crippen molar-refractivity contribution >= 4 is 26.7 Å². The molecule has 1 aromatic carbocycles. The minimum atomic E-state index is -3.26. The fourth-order valence-electron chi connectivity index (χ4n) is 2.76. The first-order valence-electron chi connectivity index (χ1n) is 7.04. The van der Waals surface area contributed by atoms with Crippen molar-refractivity contribution in [2.75, 3.05) is 17.5 Å². The van der Waals surface area contributed by atoms with Gasteiger partial charge in [0.05, 0.1) is 29.5 Å². The molecule has 0 unspecified atom stereocenters. The Bertz CT molecular complexity index is 780. The molecule has 0 radical (unpaired) electrons. The van der Waals surface area contributed by atoms with E-state index in [1.54, 1.807) is 12.1 Å². The summed E-state index contributed by atoms with van der Waals surface area (Å²) in [6.45, 7) is 7.14. The van der Waals surface area contributed by atoms with E-state index in [9.17, 15) is 8.42 Å². The van der Waals surface area contributed by atoms with Crippen molar-refractivity contribution in [2.45, 2.75) is 33.0 Å². The monoisotopic (exact) mass is 308 g/mol. The molecular weight excluding hydrogens is 288 g/mol. The lowest BCUT2D eigenvalue weighted by Crippen LogP contribution is -2.38. The van der Waals surface area contributed by atoms with Gasteiger partial charge >= 0.3 is 0 Å². The fraction of sp³-hybridized carbons (Fsp3) is 0.500. The molecule has 1 aliphatic heterocycles. The van der Waals surface area contributed by atoms with Gasteiger partial charge in [0.2, 0.25) is 10.0 Å². The van der Waals surface area contributed by atoms with Crippen LogP contribution in [-0.2, 0) is 23.1 Å². The first kappa shape index (κ1) is 14.3. The Kier molecular flexibility index (Phi) is 3.41. The van der Waals surface area contributed by atoms with Gasteiger partial charge in [-0.3, -0.25) is 9.62 Å². The summed E-state index contributed by atoms with van der Waals surface area (Å²) in [5.74, 6) is 1.04. The molecule has 0 spiro atoms. The molecule has 2 aromatic rings. The molecule has 0 fully saturated rings. The number of sulfonamides is 1. The third-order valence-corrected chi connectivity index (χ3v) is 4.42. The van der Waals surface area contributed by atoms with E-state index in [0.717, 1.165) is 42.7 Å². The van der Waals surface area contributed by atoms with Crippen molar-refractivity contribution in [3.8, 4) is 0 Å². The van der Waals surface area contributed by atoms with Crippen LogP contribution in [0.2, 0.25) is 0 Å². The summed E-state index contributed by atoms with van der Waals surface area (Å²) < 4.78 is 27.3. The summed E-state index contributed by atoms with van der Waals surface area (Å²) >= 11 is 0. The number of anilines is 1. The molecule has 0 atom stereocenters. The molecule has 7 heteroatoms. The van der Waals surface area contributed by atoms with Crippen LogP contribution in [0.1, 0.15) is 19.7 Å². The quantitative estimate of drug-likeness (QED) is 0.936. The van der Waals surface area contributed by atoms with E-state index >= 15 is 0 Å². The third-order valence-electron chi connectivity index (χ3n) is 3.82. The maximum Gasteiger partial charge on any atom is 0.229 e. The smallest absolute Gasteiger partial charge is 0.229 e. The van der Waals surface area contributed by atoms with Gasteiger partial charge in [-0.15, -0.1) is 0 Å². The van der Waals surface area contributed by atoms with Gasteiger partial charge in [-0.2, -0.15) is 0 Å². The van der Waals surface area contributed by atoms with Crippen LogP contribution in [0, 0.1) is 0 Å². The van der Waals surface area contributed by atoms with Crippen LogP contribution in [0.5, 0.6) is 0 Å². The van der Waals surface area contributed by atoms with Gasteiger partial charge in [0, 0.05) is 19.1 Å². The number of aromatic nitrogens is 2. The summed E-state index contributed by atoms with van der Waals surface area (Å²) in [6.07, 6.45) is 1.15. The SMILES string of the molecule is CC(C)N1CCn2c(nc3cc(NS(C)(=O)=O)ccc32)C1. The normalized spacial score (nSPS) is 16.4. The summed E-state index contributed by atoms with van der Waals surface area (Å²) in [5.41, 5.74) is 2.46. The van der Waals surface area contributed by atoms with Crippen molar-refractivity contribution in [1.82, 2.24) is 14.5 Å². The van der Waals surface area contributed by atoms with Crippen molar-refractivity contribution in [1.29, 1.82) is 0 Å². The Hall–Kier alpha value is -1.60. The largest absolute Gasteiger partial charge is 0.326 e. The molecular formula is C14H20N4O2S. The van der Waals surface area contributed by atoms with Gasteiger partial charge in [-0.25, -0.2) is 13.4 Å². The highest BCUT2D eigenvalue weighted by Crippen LogP contribution is 2.24. The lowest BCUT2D eigenvalue weighted by Gasteiger charge is -2.30. The lowest BCUT2D eigenvalue weighted by molar-refractivity contribution is 0.175. The topological polar surface area (TPSA) is 67.2 Å². The molecule has 0 saturated heterocycles. The Labute approximate surface area is 124 Å². The number of hydrogen-bond donors (Lipinski definition) is 1. The van der Waals surface area contributed by atoms with Crippen molar-refractivity contribution in [2.24, 2.45) is 0 Å². The summed E-state index contributed by atoms with van der Waals surface area (Å²) in [4.78, 5) is 7.05. The summed E-state index contributed by atoms with van der Waals surface area (Å²) in [5, 5.41) is 0. The Morgan fingerprint density at radius 3 is 2.71 bits per heavy atom. The number of hydrogen-bond acceptors (Lipinski definition) is 4. The summed E-state index contributed by atoms with van der Waals surface area (Å²) in [6, 6.07) is 6.01. The Morgan fingerprint density at radius 2 is 2.05 bits per heavy atom. The van der Waals surface area contributed by atoms with Crippen LogP contribution in [-0.4, -0.2) is 41.7 Å². The van der Waals surface area contributed by atoms with Gasteiger partial charge in [0.1, 0.15) is 5.82 Å². The van der Waals surface area contributed by atoms with Crippen LogP contribution < -0.4 is 4.72 Å². The first-order chi connectivity index (χ1) is 9.83. The van der Waals surface area contributed by atoms with E-state index in [-0.39, 0.29) is 0 Å². The van der Waals surface area contributed by atoms with Crippen LogP contribution >= 0.6 is 0 Å². The molecule has 114 valence electrons. The standard InChI is InChI=1S/C14H20N4O2S/c1-10(2)17-6-7-18-13-5-4-11(16-21(3,19)20)8-12(13)15-14(18)9-17/h4-5,8,10,16H,6-7,9H2,1-3H3. The van der Waals surface area contributed by atoms with Crippen molar-refractivity contribution in [3.05, 3.63) is 24.0 Å². The van der Waals surface area contributed by atoms with Crippen LogP contribution in [0.3, 0.4) is 0 Å². The first-order valence-corrected chi connectivity index (χ1v) is 8.93. The zero-order valence-electron chi connectivity index (χ0n) is 12.5. The Balaban J connectivity index is 1.98. The van der Waals surface area contributed by atoms with Crippen LogP contribution in [0.15, 0.2) is 18.2 Å². The molecule has 6 nitrogen and oxygen atoms in total. The molecule has 1 aliphatic rings. The Morgan fingerprint density at radius 1 is 1.29 bits per heavy atom. The molecule has 0 saturated carbocycles. The molecule has 3 rings (SSSR count). The predicted molar refractivity (Wildman–Crippen MR) is 83.7 cm³/mol. The second-order valence-electron chi connectivity index (χ2n) is 5.82. The van der Waals surface area contributed by atoms with E-state index in [2.05, 4.69) is 33.0 Å². The second kappa shape index (κ2) is 4.99. The van der Waals surface area contributed by atoms with Gasteiger partial charge in [-0.05, 0) is 32.0 Å². The van der Waals surface area contributed by atoms with Gasteiger partial charge < -0.3 is 4.57 Å². The fourth-order valence-corrected chi connectivity index (χ4v) is 3.31. The molecule has 0 bridgehead atoms. The lowest BCUT2D eigenvalue weighted by atomic mass is 10.2. The minimum absolute atomic E-state index is 0.501. The van der Waals surface area contributed by atoms with E-state index in [4.69, 9.17) is 0 Å². The summed E-state index contributed by atoms with van der Waals surface area (Å²) in [7, 11) is -3.26. The average molecular weight is 308 g/mol. The van der Waals surface area contributed by atoms with Crippen molar-refractivity contribution < 1.29 is 8.42 Å². The van der Waals surface area contributed by atoms with E-state index in [1.807, 2.05) is 6.07 Å². The number of rotatable bonds is 3. The third kappa shape index (κ3) is 2.89. The van der Waals surface area contributed by atoms with Gasteiger partial charge in [0.15, 0.2) is 0 Å². The highest BCUT2D eigenvalue weighted by molar-refractivity contribution is 7.92. The zero-order valence-corrected chi connectivity index (χ0v) is 13.3. The van der Waals surface area contributed by atoms with E-state index in [0.29, 0.717) is 11.7 Å². The molecule has 2 heterocycles. The maximum absolute atomic E-state index is 11.3. The highest BCUT2D eigenvalue weighted by Gasteiger charge is 2.21. The van der Waals surface area contributed by atoms with Gasteiger partial charge in [0.25, 0.3) is 0 Å². The molecule has 0 aliphatic carbocycles. The van der Waals surface area contributed by atoms with E-state index in [1.165, 1.54) is 0 Å². The number of imidazole rings is 1. The van der Waals surface area contributed by atoms with Crippen LogP contribution in [0.4, 0.5) is 5.69 Å². The number of nitrogens with zero attached hydrogens (tertiary/aromatic N) is 3. The maximum atomic E-state index is 11.3. The zero-order chi connectivity index (χ0) is 15.2. The minimum Gasteiger partial charge on any atom is -0.326 e. The average Bonchev–Trinajstić information content (AvgIpc) is 2.72. The van der Waals surface area contributed by atoms with E-state index < -0.39 is 10.0 Å². The van der Waals surface area contributed by atoms with Crippen LogP contribution in [0.25, 0.3) is 11.0 Å². The van der Waals surface area contributed by atoms with Gasteiger partial charge in [-0.1, -0.05) is 0 Å². The second-order valence-corrected chi connectivity index (χ2v) is 7.57. The number of nitrogens with one attached hydrogen (secondary N) is 1.